The van der Waals surface area contributed by atoms with Crippen molar-refractivity contribution in [1.82, 2.24) is 4.90 Å². The molecular formula is C14H27NO. The summed E-state index contributed by atoms with van der Waals surface area (Å²) in [5.41, 5.74) is 1.00. The summed E-state index contributed by atoms with van der Waals surface area (Å²) in [5, 5.41) is 0. The third-order valence-corrected chi connectivity index (χ3v) is 5.16. The molecule has 0 radical (unpaired) electrons. The van der Waals surface area contributed by atoms with Gasteiger partial charge in [0, 0.05) is 20.5 Å². The van der Waals surface area contributed by atoms with Gasteiger partial charge in [-0.05, 0) is 30.1 Å². The predicted molar refractivity (Wildman–Crippen MR) is 68.3 cm³/mol. The fourth-order valence-electron chi connectivity index (χ4n) is 2.85. The van der Waals surface area contributed by atoms with Crippen molar-refractivity contribution in [3.05, 3.63) is 0 Å². The SMILES string of the molecule is CCC(C)(CC)C1(CCN(C)C(C)=O)CC1. The minimum Gasteiger partial charge on any atom is -0.346 e. The zero-order valence-corrected chi connectivity index (χ0v) is 11.6. The van der Waals surface area contributed by atoms with Gasteiger partial charge in [0.25, 0.3) is 0 Å². The van der Waals surface area contributed by atoms with E-state index in [0.717, 1.165) is 6.54 Å². The molecule has 0 bridgehead atoms. The highest BCUT2D eigenvalue weighted by Gasteiger charge is 2.53. The molecule has 1 rings (SSSR count). The van der Waals surface area contributed by atoms with Crippen molar-refractivity contribution in [1.29, 1.82) is 0 Å². The number of hydrogen-bond acceptors (Lipinski definition) is 1. The maximum atomic E-state index is 11.2. The third kappa shape index (κ3) is 2.41. The summed E-state index contributed by atoms with van der Waals surface area (Å²) in [6.07, 6.45) is 6.41. The first-order valence-corrected chi connectivity index (χ1v) is 6.62. The van der Waals surface area contributed by atoms with Gasteiger partial charge in [-0.2, -0.15) is 0 Å². The summed E-state index contributed by atoms with van der Waals surface area (Å²) in [4.78, 5) is 13.0. The standard InChI is InChI=1S/C14H27NO/c1-6-13(4,7-2)14(8-9-14)10-11-15(5)12(3)16/h6-11H2,1-5H3. The van der Waals surface area contributed by atoms with Crippen LogP contribution in [0.5, 0.6) is 0 Å². The molecule has 0 aromatic rings. The molecule has 0 N–H and O–H groups in total. The molecule has 1 aliphatic carbocycles. The normalized spacial score (nSPS) is 18.3. The summed E-state index contributed by atoms with van der Waals surface area (Å²) in [5.74, 6) is 0.186. The van der Waals surface area contributed by atoms with Crippen LogP contribution in [0.3, 0.4) is 0 Å². The molecule has 94 valence electrons. The highest BCUT2D eigenvalue weighted by atomic mass is 16.2. The van der Waals surface area contributed by atoms with Crippen LogP contribution in [0.15, 0.2) is 0 Å². The van der Waals surface area contributed by atoms with Crippen LogP contribution < -0.4 is 0 Å². The van der Waals surface area contributed by atoms with E-state index in [1.54, 1.807) is 6.92 Å². The number of nitrogens with zero attached hydrogens (tertiary/aromatic N) is 1. The first-order valence-electron chi connectivity index (χ1n) is 6.62. The van der Waals surface area contributed by atoms with Gasteiger partial charge < -0.3 is 4.90 Å². The van der Waals surface area contributed by atoms with Gasteiger partial charge in [-0.1, -0.05) is 33.6 Å². The average molecular weight is 225 g/mol. The van der Waals surface area contributed by atoms with Crippen molar-refractivity contribution in [2.24, 2.45) is 10.8 Å². The molecule has 2 nitrogen and oxygen atoms in total. The molecule has 0 unspecified atom stereocenters. The molecule has 0 aliphatic heterocycles. The molecule has 1 amide bonds. The van der Waals surface area contributed by atoms with Crippen LogP contribution in [-0.2, 0) is 4.79 Å². The van der Waals surface area contributed by atoms with E-state index in [2.05, 4.69) is 20.8 Å². The zero-order chi connectivity index (χ0) is 12.4. The van der Waals surface area contributed by atoms with Crippen LogP contribution in [0, 0.1) is 10.8 Å². The topological polar surface area (TPSA) is 20.3 Å². The lowest BCUT2D eigenvalue weighted by molar-refractivity contribution is -0.127. The maximum absolute atomic E-state index is 11.2. The van der Waals surface area contributed by atoms with Gasteiger partial charge in [0.2, 0.25) is 5.91 Å². The average Bonchev–Trinajstić information content (AvgIpc) is 3.06. The van der Waals surface area contributed by atoms with Crippen molar-refractivity contribution in [3.63, 3.8) is 0 Å². The van der Waals surface area contributed by atoms with Crippen LogP contribution in [0.1, 0.15) is 59.8 Å². The monoisotopic (exact) mass is 225 g/mol. The van der Waals surface area contributed by atoms with Crippen LogP contribution in [0.2, 0.25) is 0 Å². The molecular weight excluding hydrogens is 198 g/mol. The molecule has 0 heterocycles. The Hall–Kier alpha value is -0.530. The van der Waals surface area contributed by atoms with E-state index in [4.69, 9.17) is 0 Å². The number of amides is 1. The minimum atomic E-state index is 0.186. The summed E-state index contributed by atoms with van der Waals surface area (Å²) in [7, 11) is 1.91. The second-order valence-corrected chi connectivity index (χ2v) is 5.74. The maximum Gasteiger partial charge on any atom is 0.219 e. The van der Waals surface area contributed by atoms with Crippen molar-refractivity contribution in [2.75, 3.05) is 13.6 Å². The molecule has 0 saturated heterocycles. The Labute approximate surface area is 100 Å². The van der Waals surface area contributed by atoms with Crippen LogP contribution in [-0.4, -0.2) is 24.4 Å². The summed E-state index contributed by atoms with van der Waals surface area (Å²) in [6.45, 7) is 9.60. The molecule has 0 aromatic carbocycles. The minimum absolute atomic E-state index is 0.186. The molecule has 0 atom stereocenters. The Morgan fingerprint density at radius 1 is 1.31 bits per heavy atom. The van der Waals surface area contributed by atoms with Crippen molar-refractivity contribution in [2.45, 2.75) is 59.8 Å². The van der Waals surface area contributed by atoms with Gasteiger partial charge in [0.1, 0.15) is 0 Å². The Kier molecular flexibility index (Phi) is 4.03. The quantitative estimate of drug-likeness (QED) is 0.678. The summed E-state index contributed by atoms with van der Waals surface area (Å²) >= 11 is 0. The number of carbonyl (C=O) groups excluding carboxylic acids is 1. The van der Waals surface area contributed by atoms with Crippen molar-refractivity contribution >= 4 is 5.91 Å². The lowest BCUT2D eigenvalue weighted by Crippen LogP contribution is -2.33. The third-order valence-electron chi connectivity index (χ3n) is 5.16. The van der Waals surface area contributed by atoms with Crippen molar-refractivity contribution in [3.8, 4) is 0 Å². The van der Waals surface area contributed by atoms with Gasteiger partial charge in [-0.25, -0.2) is 0 Å². The number of hydrogen-bond donors (Lipinski definition) is 0. The molecule has 16 heavy (non-hydrogen) atoms. The second-order valence-electron chi connectivity index (χ2n) is 5.74. The Morgan fingerprint density at radius 2 is 1.81 bits per heavy atom. The zero-order valence-electron chi connectivity index (χ0n) is 11.6. The second kappa shape index (κ2) is 4.77. The van der Waals surface area contributed by atoms with E-state index in [0.29, 0.717) is 10.8 Å². The molecule has 0 aromatic heterocycles. The van der Waals surface area contributed by atoms with Gasteiger partial charge in [0.15, 0.2) is 0 Å². The Morgan fingerprint density at radius 3 is 2.12 bits per heavy atom. The van der Waals surface area contributed by atoms with Crippen LogP contribution in [0.25, 0.3) is 0 Å². The van der Waals surface area contributed by atoms with Crippen LogP contribution >= 0.6 is 0 Å². The lowest BCUT2D eigenvalue weighted by Gasteiger charge is -2.38. The number of carbonyl (C=O) groups is 1. The summed E-state index contributed by atoms with van der Waals surface area (Å²) < 4.78 is 0. The van der Waals surface area contributed by atoms with E-state index in [-0.39, 0.29) is 5.91 Å². The highest BCUT2D eigenvalue weighted by molar-refractivity contribution is 5.72. The largest absolute Gasteiger partial charge is 0.346 e. The van der Waals surface area contributed by atoms with Crippen molar-refractivity contribution < 1.29 is 4.79 Å². The fourth-order valence-corrected chi connectivity index (χ4v) is 2.85. The molecule has 0 spiro atoms. The Balaban J connectivity index is 2.56. The summed E-state index contributed by atoms with van der Waals surface area (Å²) in [6, 6.07) is 0. The van der Waals surface area contributed by atoms with E-state index in [1.807, 2.05) is 11.9 Å². The smallest absolute Gasteiger partial charge is 0.219 e. The first kappa shape index (κ1) is 13.5. The lowest BCUT2D eigenvalue weighted by atomic mass is 9.68. The van der Waals surface area contributed by atoms with Gasteiger partial charge >= 0.3 is 0 Å². The van der Waals surface area contributed by atoms with E-state index in [9.17, 15) is 4.79 Å². The molecule has 1 fully saturated rings. The van der Waals surface area contributed by atoms with Gasteiger partial charge in [0.05, 0.1) is 0 Å². The van der Waals surface area contributed by atoms with E-state index < -0.39 is 0 Å². The molecule has 1 saturated carbocycles. The predicted octanol–water partition coefficient (Wildman–Crippen LogP) is 3.46. The van der Waals surface area contributed by atoms with Gasteiger partial charge in [-0.3, -0.25) is 4.79 Å². The Bertz CT molecular complexity index is 251. The van der Waals surface area contributed by atoms with E-state index >= 15 is 0 Å². The van der Waals surface area contributed by atoms with E-state index in [1.165, 1.54) is 32.1 Å². The highest BCUT2D eigenvalue weighted by Crippen LogP contribution is 2.63. The molecule has 2 heteroatoms. The van der Waals surface area contributed by atoms with Gasteiger partial charge in [-0.15, -0.1) is 0 Å². The first-order chi connectivity index (χ1) is 7.41. The fraction of sp³-hybridized carbons (Fsp3) is 0.929. The van der Waals surface area contributed by atoms with Crippen LogP contribution in [0.4, 0.5) is 0 Å². The molecule has 1 aliphatic rings. The number of rotatable bonds is 6.